The number of benzene rings is 9. The van der Waals surface area contributed by atoms with Crippen molar-refractivity contribution < 1.29 is 19.5 Å². The van der Waals surface area contributed by atoms with E-state index in [1.165, 1.54) is 5.39 Å². The van der Waals surface area contributed by atoms with E-state index in [0.29, 0.717) is 5.56 Å². The minimum absolute atomic E-state index is 0.0266. The van der Waals surface area contributed by atoms with Gasteiger partial charge in [-0.2, -0.15) is 0 Å². The van der Waals surface area contributed by atoms with Gasteiger partial charge in [-0.15, -0.1) is 0 Å². The molecule has 0 fully saturated rings. The molecule has 248 valence electrons. The molecule has 0 radical (unpaired) electrons. The maximum atomic E-state index is 9.70. The largest absolute Gasteiger partial charge is 0.460 e. The number of allylic oxidation sites excluding steroid dienone is 1. The molecule has 0 saturated carbocycles. The van der Waals surface area contributed by atoms with Crippen molar-refractivity contribution in [1.29, 1.82) is 0 Å². The van der Waals surface area contributed by atoms with Gasteiger partial charge in [-0.25, -0.2) is 0 Å². The quantitative estimate of drug-likeness (QED) is 0.168. The van der Waals surface area contributed by atoms with Crippen LogP contribution in [0, 0.1) is 0 Å². The third kappa shape index (κ3) is 4.78. The summed E-state index contributed by atoms with van der Waals surface area (Å²) in [5.74, 6) is -1.04. The monoisotopic (exact) mass is 685 g/mol. The molecular formula is C52H34O. The molecule has 1 nitrogen and oxygen atoms in total. The SMILES string of the molecule is [2H]C1=C([2H])C(c2ccc(-c3c4ccccc4c(-c4ccc5ccccc5c4)c4ccccc34)c3ccccc23)C([2H])c2oc3c([2H])c(-c4c([2H])c([2H])c([2H])c([2H])c4[2H])c([2H])c([2H])c3c21. The van der Waals surface area contributed by atoms with Gasteiger partial charge in [0.2, 0.25) is 0 Å². The van der Waals surface area contributed by atoms with Crippen LogP contribution in [-0.2, 0) is 6.40 Å². The number of hydrogen-bond acceptors (Lipinski definition) is 1. The van der Waals surface area contributed by atoms with Crippen LogP contribution in [0.2, 0.25) is 0 Å². The Morgan fingerprint density at radius 3 is 1.94 bits per heavy atom. The molecule has 1 aromatic heterocycles. The minimum atomic E-state index is -1.31. The van der Waals surface area contributed by atoms with Gasteiger partial charge in [0.1, 0.15) is 11.3 Å². The Balaban J connectivity index is 1.10. The smallest absolute Gasteiger partial charge is 0.135 e. The zero-order valence-electron chi connectivity index (χ0n) is 39.2. The van der Waals surface area contributed by atoms with Crippen molar-refractivity contribution in [1.82, 2.24) is 0 Å². The van der Waals surface area contributed by atoms with Gasteiger partial charge in [0.25, 0.3) is 0 Å². The number of hydrogen-bond donors (Lipinski definition) is 0. The summed E-state index contributed by atoms with van der Waals surface area (Å²) in [7, 11) is 0. The molecule has 0 bridgehead atoms. The Morgan fingerprint density at radius 2 is 1.19 bits per heavy atom. The van der Waals surface area contributed by atoms with Crippen LogP contribution in [-0.4, -0.2) is 0 Å². The zero-order valence-corrected chi connectivity index (χ0v) is 28.2. The first-order valence-electron chi connectivity index (χ1n) is 23.1. The van der Waals surface area contributed by atoms with E-state index in [1.807, 2.05) is 54.6 Å². The van der Waals surface area contributed by atoms with Crippen molar-refractivity contribution in [2.45, 2.75) is 12.3 Å². The van der Waals surface area contributed by atoms with E-state index in [1.54, 1.807) is 0 Å². The van der Waals surface area contributed by atoms with Crippen LogP contribution in [0.4, 0.5) is 0 Å². The molecule has 0 aliphatic heterocycles. The molecule has 1 heterocycles. The first-order chi connectivity index (χ1) is 30.9. The molecule has 9 aromatic carbocycles. The first kappa shape index (κ1) is 21.0. The van der Waals surface area contributed by atoms with Gasteiger partial charge in [0.15, 0.2) is 0 Å². The van der Waals surface area contributed by atoms with Crippen molar-refractivity contribution in [3.63, 3.8) is 0 Å². The molecule has 0 saturated heterocycles. The van der Waals surface area contributed by atoms with Gasteiger partial charge in [0, 0.05) is 24.6 Å². The highest BCUT2D eigenvalue weighted by Crippen LogP contribution is 2.47. The Morgan fingerprint density at radius 1 is 0.528 bits per heavy atom. The summed E-state index contributed by atoms with van der Waals surface area (Å²) in [6, 6.07) is 38.3. The molecule has 53 heavy (non-hydrogen) atoms. The van der Waals surface area contributed by atoms with Crippen LogP contribution in [0.15, 0.2) is 186 Å². The molecule has 10 aromatic rings. The molecule has 11 rings (SSSR count). The average Bonchev–Trinajstić information content (AvgIpc) is 3.73. The van der Waals surface area contributed by atoms with Crippen molar-refractivity contribution in [2.24, 2.45) is 0 Å². The van der Waals surface area contributed by atoms with E-state index < -0.39 is 66.2 Å². The van der Waals surface area contributed by atoms with Gasteiger partial charge in [0.05, 0.1) is 13.7 Å². The van der Waals surface area contributed by atoms with Crippen molar-refractivity contribution in [3.8, 4) is 33.4 Å². The summed E-state index contributed by atoms with van der Waals surface area (Å²) < 4.78 is 104. The van der Waals surface area contributed by atoms with E-state index >= 15 is 0 Å². The number of furan rings is 1. The lowest BCUT2D eigenvalue weighted by Crippen LogP contribution is -2.05. The second-order valence-electron chi connectivity index (χ2n) is 13.4. The van der Waals surface area contributed by atoms with Crippen LogP contribution in [0.1, 0.15) is 37.9 Å². The maximum Gasteiger partial charge on any atom is 0.135 e. The molecule has 0 spiro atoms. The summed E-state index contributed by atoms with van der Waals surface area (Å²) in [5, 5.41) is 8.21. The molecular weight excluding hydrogens is 641 g/mol. The lowest BCUT2D eigenvalue weighted by atomic mass is 9.81. The second-order valence-corrected chi connectivity index (χ2v) is 13.4. The number of fused-ring (bicyclic) bond motifs is 7. The fourth-order valence-electron chi connectivity index (χ4n) is 8.06. The van der Waals surface area contributed by atoms with Crippen molar-refractivity contribution in [3.05, 3.63) is 199 Å². The van der Waals surface area contributed by atoms with Gasteiger partial charge in [-0.05, 0) is 100 Å². The Kier molecular flexibility index (Phi) is 4.72. The maximum absolute atomic E-state index is 9.70. The lowest BCUT2D eigenvalue weighted by Gasteiger charge is -2.22. The van der Waals surface area contributed by atoms with Crippen LogP contribution < -0.4 is 0 Å². The standard InChI is InChI=1S/C52H34O/c1-2-12-33(13-3-1)36-24-26-42-43-27-25-37(32-50(43)53-49(42)31-36)39-28-29-48(41-17-7-6-16-40(39)41)52-46-20-10-8-18-44(46)51(45-19-9-11-21-47(45)52)38-23-22-34-14-4-5-15-35(34)30-38/h1-31,37H,32H2/i1D,2D,3D,12D,13D,24D,25D,26D,27D,31D,32D. The van der Waals surface area contributed by atoms with E-state index in [4.69, 9.17) is 14.0 Å². The molecule has 2 unspecified atom stereocenters. The van der Waals surface area contributed by atoms with Gasteiger partial charge in [-0.3, -0.25) is 0 Å². The minimum Gasteiger partial charge on any atom is -0.460 e. The van der Waals surface area contributed by atoms with Crippen LogP contribution in [0.25, 0.3) is 93.5 Å². The fourth-order valence-corrected chi connectivity index (χ4v) is 8.06. The van der Waals surface area contributed by atoms with Crippen LogP contribution in [0.3, 0.4) is 0 Å². The third-order valence-corrected chi connectivity index (χ3v) is 10.4. The molecule has 1 heteroatoms. The summed E-state index contributed by atoms with van der Waals surface area (Å²) >= 11 is 0. The highest BCUT2D eigenvalue weighted by molar-refractivity contribution is 6.24. The van der Waals surface area contributed by atoms with Gasteiger partial charge in [-0.1, -0.05) is 170 Å². The van der Waals surface area contributed by atoms with Crippen molar-refractivity contribution in [2.75, 3.05) is 0 Å². The zero-order chi connectivity index (χ0) is 44.5. The Hall–Kier alpha value is -6.70. The molecule has 1 aliphatic carbocycles. The molecule has 0 N–H and O–H groups in total. The normalized spacial score (nSPS) is 18.8. The lowest BCUT2D eigenvalue weighted by molar-refractivity contribution is 0.533. The molecule has 1 aliphatic rings. The summed E-state index contributed by atoms with van der Waals surface area (Å²) in [6.45, 7) is 0. The Labute approximate surface area is 323 Å². The van der Waals surface area contributed by atoms with Gasteiger partial charge < -0.3 is 4.42 Å². The summed E-state index contributed by atoms with van der Waals surface area (Å²) in [6.07, 6.45) is -1.31. The summed E-state index contributed by atoms with van der Waals surface area (Å²) in [5.41, 5.74) is 3.80. The fraction of sp³-hybridized carbons (Fsp3) is 0.0385. The predicted molar refractivity (Wildman–Crippen MR) is 224 cm³/mol. The van der Waals surface area contributed by atoms with E-state index in [9.17, 15) is 5.48 Å². The van der Waals surface area contributed by atoms with Crippen LogP contribution >= 0.6 is 0 Å². The van der Waals surface area contributed by atoms with E-state index in [-0.39, 0.29) is 40.0 Å². The second kappa shape index (κ2) is 11.9. The van der Waals surface area contributed by atoms with E-state index in [2.05, 4.69) is 72.8 Å². The topological polar surface area (TPSA) is 13.1 Å². The molecule has 0 amide bonds. The third-order valence-electron chi connectivity index (χ3n) is 10.4. The van der Waals surface area contributed by atoms with E-state index in [0.717, 1.165) is 60.0 Å². The van der Waals surface area contributed by atoms with Crippen molar-refractivity contribution >= 4 is 60.1 Å². The number of rotatable bonds is 4. The van der Waals surface area contributed by atoms with Gasteiger partial charge >= 0.3 is 0 Å². The summed E-state index contributed by atoms with van der Waals surface area (Å²) in [4.78, 5) is 0. The highest BCUT2D eigenvalue weighted by Gasteiger charge is 2.25. The Bertz CT molecular complexity index is 3630. The average molecular weight is 686 g/mol. The predicted octanol–water partition coefficient (Wildman–Crippen LogP) is 14.4. The van der Waals surface area contributed by atoms with Crippen LogP contribution in [0.5, 0.6) is 0 Å². The molecule has 2 atom stereocenters. The highest BCUT2D eigenvalue weighted by atomic mass is 16.3. The first-order valence-corrected chi connectivity index (χ1v) is 17.6.